The molecule has 0 aromatic rings. The number of hydrogen-bond donors (Lipinski definition) is 20. The van der Waals surface area contributed by atoms with E-state index in [1.807, 2.05) is 0 Å². The number of aliphatic hydroxyl groups is 20. The summed E-state index contributed by atoms with van der Waals surface area (Å²) in [5, 5.41) is 209. The van der Waals surface area contributed by atoms with E-state index in [1.165, 1.54) is 0 Å². The Bertz CT molecular complexity index is 1500. The molecule has 0 bridgehead atoms. The molecular weight excluding hydrogens is 928 g/mol. The maximum Gasteiger partial charge on any atom is 0.187 e. The van der Waals surface area contributed by atoms with Gasteiger partial charge in [-0.3, -0.25) is 0 Å². The first-order chi connectivity index (χ1) is 31.7. The minimum atomic E-state index is -2.24. The van der Waals surface area contributed by atoms with E-state index in [-0.39, 0.29) is 0 Å². The first kappa shape index (κ1) is 55.1. The van der Waals surface area contributed by atoms with Crippen molar-refractivity contribution in [2.75, 3.05) is 39.6 Å². The molecule has 0 aromatic carbocycles. The zero-order valence-corrected chi connectivity index (χ0v) is 35.0. The van der Waals surface area contributed by atoms with Crippen LogP contribution in [0.15, 0.2) is 0 Å². The van der Waals surface area contributed by atoms with Crippen molar-refractivity contribution in [2.45, 2.75) is 184 Å². The molecule has 6 rings (SSSR count). The maximum absolute atomic E-state index is 11.4. The van der Waals surface area contributed by atoms with Crippen LogP contribution in [0.1, 0.15) is 0 Å². The van der Waals surface area contributed by atoms with Gasteiger partial charge in [-0.2, -0.15) is 0 Å². The smallest absolute Gasteiger partial charge is 0.187 e. The summed E-state index contributed by atoms with van der Waals surface area (Å²) in [6, 6.07) is 0. The van der Waals surface area contributed by atoms with Crippen LogP contribution in [0.25, 0.3) is 0 Å². The van der Waals surface area contributed by atoms with Gasteiger partial charge < -0.3 is 154 Å². The third kappa shape index (κ3) is 11.4. The van der Waals surface area contributed by atoms with E-state index in [9.17, 15) is 102 Å². The lowest BCUT2D eigenvalue weighted by Crippen LogP contribution is -2.68. The van der Waals surface area contributed by atoms with E-state index in [0.29, 0.717) is 0 Å². The summed E-state index contributed by atoms with van der Waals surface area (Å²) in [5.74, 6) is 0. The molecule has 0 spiro atoms. The molecule has 0 saturated carbocycles. The second-order valence-corrected chi connectivity index (χ2v) is 16.8. The summed E-state index contributed by atoms with van der Waals surface area (Å²) in [6.45, 7) is -5.55. The predicted octanol–water partition coefficient (Wildman–Crippen LogP) is -14.1. The molecule has 31 heteroatoms. The lowest BCUT2D eigenvalue weighted by molar-refractivity contribution is -0.399. The highest BCUT2D eigenvalue weighted by Gasteiger charge is 2.57. The van der Waals surface area contributed by atoms with E-state index in [1.54, 1.807) is 0 Å². The van der Waals surface area contributed by atoms with Crippen LogP contribution in [0.5, 0.6) is 0 Å². The molecule has 67 heavy (non-hydrogen) atoms. The third-order valence-corrected chi connectivity index (χ3v) is 12.4. The molecule has 0 amide bonds. The molecule has 6 aliphatic rings. The number of aliphatic hydroxyl groups excluding tert-OH is 20. The molecule has 6 aliphatic heterocycles. The molecule has 30 atom stereocenters. The van der Waals surface area contributed by atoms with Gasteiger partial charge in [-0.15, -0.1) is 0 Å². The molecule has 0 aromatic heterocycles. The minimum absolute atomic E-state index is 0.709. The van der Waals surface area contributed by atoms with Crippen LogP contribution in [0.4, 0.5) is 0 Å². The second kappa shape index (κ2) is 23.5. The molecule has 6 saturated heterocycles. The largest absolute Gasteiger partial charge is 0.394 e. The minimum Gasteiger partial charge on any atom is -0.394 e. The Morgan fingerprint density at radius 3 is 1.13 bits per heavy atom. The molecule has 6 heterocycles. The van der Waals surface area contributed by atoms with Gasteiger partial charge in [0.05, 0.1) is 39.6 Å². The van der Waals surface area contributed by atoms with Crippen molar-refractivity contribution in [3.05, 3.63) is 0 Å². The van der Waals surface area contributed by atoms with Gasteiger partial charge in [0.2, 0.25) is 0 Å². The zero-order valence-electron chi connectivity index (χ0n) is 35.0. The molecule has 31 nitrogen and oxygen atoms in total. The Morgan fingerprint density at radius 2 is 0.597 bits per heavy atom. The second-order valence-electron chi connectivity index (χ2n) is 16.8. The summed E-state index contributed by atoms with van der Waals surface area (Å²) in [4.78, 5) is 0. The topological polar surface area (TPSA) is 506 Å². The van der Waals surface area contributed by atoms with Gasteiger partial charge >= 0.3 is 0 Å². The highest BCUT2D eigenvalue weighted by molar-refractivity contribution is 4.99. The van der Waals surface area contributed by atoms with Gasteiger partial charge in [-0.25, -0.2) is 0 Å². The van der Waals surface area contributed by atoms with Gasteiger partial charge in [0.25, 0.3) is 0 Å². The third-order valence-electron chi connectivity index (χ3n) is 12.4. The van der Waals surface area contributed by atoms with Crippen molar-refractivity contribution in [3.8, 4) is 0 Å². The summed E-state index contributed by atoms with van der Waals surface area (Å²) in [6.07, 6.45) is -57.1. The average molecular weight is 991 g/mol. The number of rotatable bonds is 16. The lowest BCUT2D eigenvalue weighted by atomic mass is 9.95. The quantitative estimate of drug-likeness (QED) is 0.0683. The zero-order chi connectivity index (χ0) is 49.3. The average Bonchev–Trinajstić information content (AvgIpc) is 3.32. The first-order valence-corrected chi connectivity index (χ1v) is 21.1. The lowest BCUT2D eigenvalue weighted by Gasteiger charge is -2.50. The van der Waals surface area contributed by atoms with Gasteiger partial charge in [-0.1, -0.05) is 0 Å². The monoisotopic (exact) mass is 990 g/mol. The van der Waals surface area contributed by atoms with E-state index in [0.717, 1.165) is 0 Å². The molecule has 20 N–H and O–H groups in total. The summed E-state index contributed by atoms with van der Waals surface area (Å²) >= 11 is 0. The van der Waals surface area contributed by atoms with Gasteiger partial charge in [0.1, 0.15) is 146 Å². The summed E-state index contributed by atoms with van der Waals surface area (Å²) in [7, 11) is 0. The molecule has 392 valence electrons. The number of ether oxygens (including phenoxy) is 11. The van der Waals surface area contributed by atoms with E-state index in [4.69, 9.17) is 52.1 Å². The fourth-order valence-corrected chi connectivity index (χ4v) is 8.39. The van der Waals surface area contributed by atoms with E-state index >= 15 is 0 Å². The van der Waals surface area contributed by atoms with Crippen molar-refractivity contribution < 1.29 is 154 Å². The van der Waals surface area contributed by atoms with Crippen LogP contribution < -0.4 is 0 Å². The van der Waals surface area contributed by atoms with Crippen LogP contribution in [-0.2, 0) is 52.1 Å². The fourth-order valence-electron chi connectivity index (χ4n) is 8.39. The maximum atomic E-state index is 11.4. The summed E-state index contributed by atoms with van der Waals surface area (Å²) < 4.78 is 60.8. The highest BCUT2D eigenvalue weighted by atomic mass is 16.8. The van der Waals surface area contributed by atoms with E-state index < -0.39 is 224 Å². The van der Waals surface area contributed by atoms with Crippen LogP contribution in [0, 0.1) is 0 Å². The molecular formula is C36H62O31. The predicted molar refractivity (Wildman–Crippen MR) is 199 cm³/mol. The normalized spacial score (nSPS) is 53.4. The Kier molecular flexibility index (Phi) is 19.4. The Balaban J connectivity index is 1.13. The van der Waals surface area contributed by atoms with Crippen molar-refractivity contribution in [2.24, 2.45) is 0 Å². The van der Waals surface area contributed by atoms with E-state index in [2.05, 4.69) is 0 Å². The molecule has 1 unspecified atom stereocenters. The van der Waals surface area contributed by atoms with Crippen molar-refractivity contribution in [1.29, 1.82) is 0 Å². The Labute approximate surface area is 378 Å². The fraction of sp³-hybridized carbons (Fsp3) is 1.00. The standard InChI is InChI=1S/C36H62O31/c37-1-7-13(42)18(47)23(52)33(59-7)67-30-19(48)14(43)8(2-38)61-36(30)65-28-11(5-41)63-34(25(54)21(28)50)66-29-16(45)9(3-39)60-35(26(29)55)64-27-10(4-40)62-32(24(53)20(27)49)57-6-12-15(44)17(46)22(51)31(56)58-12/h7-56H,1-6H2/t7-,8-,9-,10-,11-,12-,13-,14+,15-,16+,17+,18+,19+,20-,21-,22-,23-,24-,25-,26-,27-,28+,29+,30-,31?,32-,33+,34-,35+,36+/m1/s1. The van der Waals surface area contributed by atoms with Crippen molar-refractivity contribution in [1.82, 2.24) is 0 Å². The van der Waals surface area contributed by atoms with Gasteiger partial charge in [0, 0.05) is 0 Å². The van der Waals surface area contributed by atoms with Crippen LogP contribution >= 0.6 is 0 Å². The SMILES string of the molecule is OC[C@H]1O[C@@H](O[C@@H]2[C@H](O)[C@@H](O)[C@@H](O[C@H]3[C@@H](O)[C@@H](CO)O[C@@H](O[C@H]4[C@H](O)[C@@H](O)[C@H](OC[C@H]5OC(O)[C@H](O)[C@@H](O)[C@@H]5O)O[C@@H]4CO)[C@@H]3O)O[C@@H]2CO)[C@H](O[C@@H]2O[C@H](CO)[C@@H](O)[C@H](O)[C@H]2O)[C@@H](O)[C@H]1O. The molecule has 6 fully saturated rings. The van der Waals surface area contributed by atoms with Crippen LogP contribution in [0.3, 0.4) is 0 Å². The molecule has 0 aliphatic carbocycles. The Morgan fingerprint density at radius 1 is 0.254 bits per heavy atom. The first-order valence-electron chi connectivity index (χ1n) is 21.1. The Hall–Kier alpha value is -1.24. The number of hydrogen-bond acceptors (Lipinski definition) is 31. The summed E-state index contributed by atoms with van der Waals surface area (Å²) in [5.41, 5.74) is 0. The van der Waals surface area contributed by atoms with Crippen LogP contribution in [0.2, 0.25) is 0 Å². The highest BCUT2D eigenvalue weighted by Crippen LogP contribution is 2.36. The van der Waals surface area contributed by atoms with Crippen molar-refractivity contribution in [3.63, 3.8) is 0 Å². The van der Waals surface area contributed by atoms with Gasteiger partial charge in [0.15, 0.2) is 37.7 Å². The molecule has 0 radical (unpaired) electrons. The van der Waals surface area contributed by atoms with Crippen molar-refractivity contribution >= 4 is 0 Å². The van der Waals surface area contributed by atoms with Gasteiger partial charge in [-0.05, 0) is 0 Å². The van der Waals surface area contributed by atoms with Crippen LogP contribution in [-0.4, -0.2) is 326 Å².